The number of hydrogen-bond acceptors (Lipinski definition) is 4. The maximum absolute atomic E-state index is 12.9. The summed E-state index contributed by atoms with van der Waals surface area (Å²) >= 11 is 0. The van der Waals surface area contributed by atoms with Crippen molar-refractivity contribution in [3.05, 3.63) is 40.4 Å². The van der Waals surface area contributed by atoms with Crippen LogP contribution in [0.2, 0.25) is 0 Å². The SMILES string of the molecule is CN1CC2(CCC1=O)CCN(C(=O)c1ccc3c(=O)n(C)cnc3c1)CC2. The smallest absolute Gasteiger partial charge is 0.260 e. The van der Waals surface area contributed by atoms with Gasteiger partial charge in [0.2, 0.25) is 5.91 Å². The molecule has 0 saturated carbocycles. The van der Waals surface area contributed by atoms with E-state index < -0.39 is 0 Å². The number of carbonyl (C=O) groups is 2. The van der Waals surface area contributed by atoms with Gasteiger partial charge in [-0.05, 0) is 42.9 Å². The molecular weight excluding hydrogens is 344 g/mol. The number of likely N-dealkylation sites (tertiary alicyclic amines) is 2. The van der Waals surface area contributed by atoms with Gasteiger partial charge in [-0.25, -0.2) is 4.98 Å². The average Bonchev–Trinajstić information content (AvgIpc) is 2.68. The summed E-state index contributed by atoms with van der Waals surface area (Å²) in [6.07, 6.45) is 4.84. The maximum atomic E-state index is 12.9. The fourth-order valence-corrected chi connectivity index (χ4v) is 4.35. The molecule has 0 aliphatic carbocycles. The van der Waals surface area contributed by atoms with E-state index in [1.807, 2.05) is 16.8 Å². The van der Waals surface area contributed by atoms with Crippen molar-refractivity contribution in [2.24, 2.45) is 12.5 Å². The molecule has 142 valence electrons. The van der Waals surface area contributed by atoms with Gasteiger partial charge in [-0.3, -0.25) is 14.4 Å². The summed E-state index contributed by atoms with van der Waals surface area (Å²) in [5.41, 5.74) is 1.14. The fourth-order valence-electron chi connectivity index (χ4n) is 4.35. The van der Waals surface area contributed by atoms with Gasteiger partial charge in [0.25, 0.3) is 11.5 Å². The first-order chi connectivity index (χ1) is 12.9. The molecule has 1 spiro atoms. The fraction of sp³-hybridized carbons (Fsp3) is 0.500. The summed E-state index contributed by atoms with van der Waals surface area (Å²) < 4.78 is 1.43. The lowest BCUT2D eigenvalue weighted by Crippen LogP contribution is -2.51. The minimum atomic E-state index is -0.116. The summed E-state index contributed by atoms with van der Waals surface area (Å²) in [7, 11) is 3.53. The molecule has 1 aromatic carbocycles. The normalized spacial score (nSPS) is 19.7. The van der Waals surface area contributed by atoms with Crippen molar-refractivity contribution in [1.29, 1.82) is 0 Å². The predicted molar refractivity (Wildman–Crippen MR) is 101 cm³/mol. The van der Waals surface area contributed by atoms with E-state index in [2.05, 4.69) is 4.98 Å². The Labute approximate surface area is 157 Å². The largest absolute Gasteiger partial charge is 0.345 e. The molecule has 1 aromatic heterocycles. The molecule has 2 aliphatic rings. The summed E-state index contributed by atoms with van der Waals surface area (Å²) in [5, 5.41) is 0.518. The number of fused-ring (bicyclic) bond motifs is 1. The molecule has 2 saturated heterocycles. The molecule has 2 fully saturated rings. The number of aryl methyl sites for hydroxylation is 1. The minimum Gasteiger partial charge on any atom is -0.345 e. The monoisotopic (exact) mass is 368 g/mol. The second-order valence-corrected chi connectivity index (χ2v) is 7.93. The lowest BCUT2D eigenvalue weighted by Gasteiger charge is -2.46. The van der Waals surface area contributed by atoms with Crippen LogP contribution in [0.5, 0.6) is 0 Å². The van der Waals surface area contributed by atoms with Crippen molar-refractivity contribution >= 4 is 22.7 Å². The zero-order chi connectivity index (χ0) is 19.2. The van der Waals surface area contributed by atoms with Gasteiger partial charge in [-0.1, -0.05) is 0 Å². The Bertz CT molecular complexity index is 973. The van der Waals surface area contributed by atoms with Gasteiger partial charge < -0.3 is 14.4 Å². The van der Waals surface area contributed by atoms with Crippen molar-refractivity contribution in [3.8, 4) is 0 Å². The maximum Gasteiger partial charge on any atom is 0.260 e. The molecule has 0 atom stereocenters. The Morgan fingerprint density at radius 1 is 1.11 bits per heavy atom. The number of nitrogens with zero attached hydrogens (tertiary/aromatic N) is 4. The van der Waals surface area contributed by atoms with Crippen LogP contribution in [0.4, 0.5) is 0 Å². The molecule has 2 aromatic rings. The Morgan fingerprint density at radius 2 is 1.85 bits per heavy atom. The number of rotatable bonds is 1. The van der Waals surface area contributed by atoms with Gasteiger partial charge in [0.1, 0.15) is 0 Å². The molecule has 0 N–H and O–H groups in total. The first-order valence-corrected chi connectivity index (χ1v) is 9.37. The second kappa shape index (κ2) is 6.48. The van der Waals surface area contributed by atoms with E-state index in [1.54, 1.807) is 25.2 Å². The Balaban J connectivity index is 1.50. The van der Waals surface area contributed by atoms with Crippen molar-refractivity contribution in [3.63, 3.8) is 0 Å². The van der Waals surface area contributed by atoms with E-state index in [0.717, 1.165) is 25.8 Å². The first kappa shape index (κ1) is 17.7. The third-order valence-corrected chi connectivity index (χ3v) is 6.14. The number of hydrogen-bond donors (Lipinski definition) is 0. The van der Waals surface area contributed by atoms with E-state index in [4.69, 9.17) is 0 Å². The average molecular weight is 368 g/mol. The highest BCUT2D eigenvalue weighted by molar-refractivity contribution is 5.97. The summed E-state index contributed by atoms with van der Waals surface area (Å²) in [4.78, 5) is 44.8. The van der Waals surface area contributed by atoms with Crippen LogP contribution in [0.25, 0.3) is 10.9 Å². The second-order valence-electron chi connectivity index (χ2n) is 7.93. The number of aromatic nitrogens is 2. The third-order valence-electron chi connectivity index (χ3n) is 6.14. The van der Waals surface area contributed by atoms with Crippen LogP contribution < -0.4 is 5.56 Å². The van der Waals surface area contributed by atoms with Gasteiger partial charge in [-0.15, -0.1) is 0 Å². The molecule has 3 heterocycles. The van der Waals surface area contributed by atoms with Crippen LogP contribution >= 0.6 is 0 Å². The zero-order valence-corrected chi connectivity index (χ0v) is 15.8. The Morgan fingerprint density at radius 3 is 2.56 bits per heavy atom. The van der Waals surface area contributed by atoms with Crippen LogP contribution in [0.3, 0.4) is 0 Å². The quantitative estimate of drug-likeness (QED) is 0.763. The van der Waals surface area contributed by atoms with E-state index in [9.17, 15) is 14.4 Å². The van der Waals surface area contributed by atoms with Crippen LogP contribution in [0.1, 0.15) is 36.0 Å². The molecular formula is C20H24N4O3. The van der Waals surface area contributed by atoms with Crippen LogP contribution in [0, 0.1) is 5.41 Å². The highest BCUT2D eigenvalue weighted by Gasteiger charge is 2.40. The van der Waals surface area contributed by atoms with E-state index in [1.165, 1.54) is 10.9 Å². The highest BCUT2D eigenvalue weighted by Crippen LogP contribution is 2.40. The van der Waals surface area contributed by atoms with Gasteiger partial charge in [0, 0.05) is 45.7 Å². The molecule has 0 radical (unpaired) electrons. The Hall–Kier alpha value is -2.70. The first-order valence-electron chi connectivity index (χ1n) is 9.37. The summed E-state index contributed by atoms with van der Waals surface area (Å²) in [6.45, 7) is 2.18. The van der Waals surface area contributed by atoms with Crippen molar-refractivity contribution in [2.75, 3.05) is 26.7 Å². The number of carbonyl (C=O) groups excluding carboxylic acids is 2. The molecule has 0 unspecified atom stereocenters. The van der Waals surface area contributed by atoms with E-state index >= 15 is 0 Å². The standard InChI is InChI=1S/C20H24N4O3/c1-22-12-20(6-5-17(22)25)7-9-24(10-8-20)18(26)14-3-4-15-16(11-14)21-13-23(2)19(15)27/h3-4,11,13H,5-10,12H2,1-2H3. The number of benzene rings is 1. The molecule has 0 bridgehead atoms. The van der Waals surface area contributed by atoms with Crippen LogP contribution in [0.15, 0.2) is 29.3 Å². The van der Waals surface area contributed by atoms with Gasteiger partial charge in [0.15, 0.2) is 0 Å². The van der Waals surface area contributed by atoms with Crippen molar-refractivity contribution in [2.45, 2.75) is 25.7 Å². The lowest BCUT2D eigenvalue weighted by molar-refractivity contribution is -0.137. The summed E-state index contributed by atoms with van der Waals surface area (Å²) in [6, 6.07) is 5.10. The third kappa shape index (κ3) is 3.11. The predicted octanol–water partition coefficient (Wildman–Crippen LogP) is 1.41. The topological polar surface area (TPSA) is 75.5 Å². The van der Waals surface area contributed by atoms with E-state index in [0.29, 0.717) is 36.0 Å². The number of amides is 2. The van der Waals surface area contributed by atoms with E-state index in [-0.39, 0.29) is 22.8 Å². The summed E-state index contributed by atoms with van der Waals surface area (Å²) in [5.74, 6) is 0.198. The van der Waals surface area contributed by atoms with Gasteiger partial charge in [-0.2, -0.15) is 0 Å². The lowest BCUT2D eigenvalue weighted by atomic mass is 9.72. The highest BCUT2D eigenvalue weighted by atomic mass is 16.2. The van der Waals surface area contributed by atoms with Gasteiger partial charge in [0.05, 0.1) is 17.2 Å². The van der Waals surface area contributed by atoms with Crippen molar-refractivity contribution < 1.29 is 9.59 Å². The van der Waals surface area contributed by atoms with Gasteiger partial charge >= 0.3 is 0 Å². The molecule has 7 nitrogen and oxygen atoms in total. The molecule has 7 heteroatoms. The van der Waals surface area contributed by atoms with Crippen LogP contribution in [-0.2, 0) is 11.8 Å². The number of piperidine rings is 2. The zero-order valence-electron chi connectivity index (χ0n) is 15.8. The molecule has 2 amide bonds. The molecule has 2 aliphatic heterocycles. The molecule has 27 heavy (non-hydrogen) atoms. The minimum absolute atomic E-state index is 0.0190. The Kier molecular flexibility index (Phi) is 4.25. The molecule has 4 rings (SSSR count). The van der Waals surface area contributed by atoms with Crippen LogP contribution in [-0.4, -0.2) is 57.8 Å². The van der Waals surface area contributed by atoms with Crippen molar-refractivity contribution in [1.82, 2.24) is 19.4 Å².